The summed E-state index contributed by atoms with van der Waals surface area (Å²) in [7, 11) is 0. The molecule has 0 unspecified atom stereocenters. The first kappa shape index (κ1) is 19.1. The largest absolute Gasteiger partial charge is 0.384 e. The number of aromatic amines is 1. The third kappa shape index (κ3) is 3.84. The van der Waals surface area contributed by atoms with Gasteiger partial charge in [0.05, 0.1) is 12.2 Å². The Balaban J connectivity index is 1.90. The highest BCUT2D eigenvalue weighted by Gasteiger charge is 2.34. The summed E-state index contributed by atoms with van der Waals surface area (Å²) in [6.07, 6.45) is -0.771. The SMILES string of the molecule is NC1=CN[C@@H](C(F)F)[C@@H](c2cc(NC(=O)c3ncc(=O)[nH]c3N)ccc2F)N1. The standard InChI is InChI=1S/C16H16F3N7O2/c17-8-2-1-6(24-16(28)13-15(21)26-10(27)5-23-13)3-7(8)11-12(14(18)19)22-4-9(20)25-11/h1-5,11-12,14,22,25H,20H2,(H,24,28)(H3,21,26,27)/t11-,12-/m1/s1. The number of hydrogen-bond acceptors (Lipinski definition) is 7. The van der Waals surface area contributed by atoms with E-state index in [4.69, 9.17) is 11.5 Å². The number of carbonyl (C=O) groups is 1. The highest BCUT2D eigenvalue weighted by atomic mass is 19.3. The summed E-state index contributed by atoms with van der Waals surface area (Å²) >= 11 is 0. The maximum absolute atomic E-state index is 14.3. The minimum absolute atomic E-state index is 0.0564. The van der Waals surface area contributed by atoms with Gasteiger partial charge in [-0.25, -0.2) is 18.2 Å². The summed E-state index contributed by atoms with van der Waals surface area (Å²) in [5.41, 5.74) is 10.3. The van der Waals surface area contributed by atoms with Gasteiger partial charge in [0.25, 0.3) is 17.9 Å². The van der Waals surface area contributed by atoms with Crippen molar-refractivity contribution < 1.29 is 18.0 Å². The van der Waals surface area contributed by atoms with Gasteiger partial charge in [0.2, 0.25) is 0 Å². The van der Waals surface area contributed by atoms with Crippen LogP contribution in [0.1, 0.15) is 22.1 Å². The first-order valence-corrected chi connectivity index (χ1v) is 7.98. The van der Waals surface area contributed by atoms with Crippen molar-refractivity contribution in [2.75, 3.05) is 11.1 Å². The van der Waals surface area contributed by atoms with Crippen LogP contribution in [-0.2, 0) is 0 Å². The first-order valence-electron chi connectivity index (χ1n) is 7.98. The Hall–Kier alpha value is -3.70. The molecule has 0 saturated heterocycles. The smallest absolute Gasteiger partial charge is 0.278 e. The molecule has 0 radical (unpaired) electrons. The van der Waals surface area contributed by atoms with Crippen molar-refractivity contribution in [2.45, 2.75) is 18.5 Å². The third-order valence-electron chi connectivity index (χ3n) is 4.01. The van der Waals surface area contributed by atoms with E-state index in [9.17, 15) is 22.8 Å². The number of nitrogens with one attached hydrogen (secondary N) is 4. The summed E-state index contributed by atoms with van der Waals surface area (Å²) in [5, 5.41) is 7.46. The summed E-state index contributed by atoms with van der Waals surface area (Å²) in [6, 6.07) is 0.837. The van der Waals surface area contributed by atoms with E-state index in [1.165, 1.54) is 18.3 Å². The van der Waals surface area contributed by atoms with Crippen LogP contribution in [0.3, 0.4) is 0 Å². The highest BCUT2D eigenvalue weighted by Crippen LogP contribution is 2.29. The number of nitrogens with zero attached hydrogens (tertiary/aromatic N) is 1. The van der Waals surface area contributed by atoms with Gasteiger partial charge >= 0.3 is 0 Å². The van der Waals surface area contributed by atoms with Crippen LogP contribution >= 0.6 is 0 Å². The lowest BCUT2D eigenvalue weighted by molar-refractivity contribution is 0.0824. The number of aromatic nitrogens is 2. The van der Waals surface area contributed by atoms with Crippen LogP contribution < -0.4 is 33.0 Å². The maximum Gasteiger partial charge on any atom is 0.278 e. The number of benzene rings is 1. The monoisotopic (exact) mass is 395 g/mol. The Bertz CT molecular complexity index is 992. The molecule has 2 heterocycles. The number of hydrogen-bond donors (Lipinski definition) is 6. The molecule has 0 saturated carbocycles. The zero-order valence-corrected chi connectivity index (χ0v) is 14.2. The average molecular weight is 395 g/mol. The fourth-order valence-electron chi connectivity index (χ4n) is 2.73. The topological polar surface area (TPSA) is 151 Å². The number of rotatable bonds is 4. The van der Waals surface area contributed by atoms with Crippen molar-refractivity contribution in [3.05, 3.63) is 63.8 Å². The van der Waals surface area contributed by atoms with E-state index >= 15 is 0 Å². The number of carbonyl (C=O) groups excluding carboxylic acids is 1. The average Bonchev–Trinajstić information content (AvgIpc) is 2.62. The van der Waals surface area contributed by atoms with Crippen molar-refractivity contribution in [1.82, 2.24) is 20.6 Å². The molecular formula is C16H16F3N7O2. The predicted octanol–water partition coefficient (Wildman–Crippen LogP) is 0.369. The van der Waals surface area contributed by atoms with Crippen LogP contribution in [0.2, 0.25) is 0 Å². The minimum Gasteiger partial charge on any atom is -0.384 e. The van der Waals surface area contributed by atoms with Gasteiger partial charge in [-0.15, -0.1) is 0 Å². The minimum atomic E-state index is -2.82. The van der Waals surface area contributed by atoms with Crippen molar-refractivity contribution in [1.29, 1.82) is 0 Å². The van der Waals surface area contributed by atoms with Crippen molar-refractivity contribution in [2.24, 2.45) is 5.73 Å². The summed E-state index contributed by atoms with van der Waals surface area (Å²) < 4.78 is 40.9. The Kier molecular flexibility index (Phi) is 5.11. The number of halogens is 3. The summed E-state index contributed by atoms with van der Waals surface area (Å²) in [4.78, 5) is 29.3. The van der Waals surface area contributed by atoms with Gasteiger partial charge in [-0.2, -0.15) is 0 Å². The van der Waals surface area contributed by atoms with Crippen molar-refractivity contribution in [3.63, 3.8) is 0 Å². The molecular weight excluding hydrogens is 379 g/mol. The fourth-order valence-corrected chi connectivity index (χ4v) is 2.73. The molecule has 2 atom stereocenters. The van der Waals surface area contributed by atoms with Gasteiger partial charge in [-0.1, -0.05) is 0 Å². The van der Waals surface area contributed by atoms with Crippen LogP contribution in [0.25, 0.3) is 0 Å². The van der Waals surface area contributed by atoms with Gasteiger partial charge in [-0.05, 0) is 18.2 Å². The van der Waals surface area contributed by atoms with E-state index < -0.39 is 35.8 Å². The lowest BCUT2D eigenvalue weighted by Crippen LogP contribution is -2.49. The molecule has 1 amide bonds. The number of alkyl halides is 2. The molecule has 0 bridgehead atoms. The molecule has 1 aliphatic rings. The number of anilines is 2. The number of amides is 1. The van der Waals surface area contributed by atoms with Gasteiger partial charge < -0.3 is 32.4 Å². The van der Waals surface area contributed by atoms with E-state index in [1.807, 2.05) is 0 Å². The second-order valence-electron chi connectivity index (χ2n) is 5.95. The van der Waals surface area contributed by atoms with Crippen molar-refractivity contribution in [3.8, 4) is 0 Å². The zero-order chi connectivity index (χ0) is 20.4. The summed E-state index contributed by atoms with van der Waals surface area (Å²) in [6.45, 7) is 0. The van der Waals surface area contributed by atoms with Gasteiger partial charge in [0.15, 0.2) is 5.69 Å². The van der Waals surface area contributed by atoms with Crippen LogP contribution in [0, 0.1) is 5.82 Å². The molecule has 1 aromatic heterocycles. The van der Waals surface area contributed by atoms with Crippen molar-refractivity contribution >= 4 is 17.4 Å². The third-order valence-corrected chi connectivity index (χ3v) is 4.01. The number of nitrogens with two attached hydrogens (primary N) is 2. The van der Waals surface area contributed by atoms with E-state index in [0.29, 0.717) is 0 Å². The first-order chi connectivity index (χ1) is 13.3. The highest BCUT2D eigenvalue weighted by molar-refractivity contribution is 6.05. The zero-order valence-electron chi connectivity index (χ0n) is 14.2. The van der Waals surface area contributed by atoms with E-state index in [2.05, 4.69) is 25.9 Å². The molecule has 1 aromatic carbocycles. The van der Waals surface area contributed by atoms with Gasteiger partial charge in [-0.3, -0.25) is 9.59 Å². The van der Waals surface area contributed by atoms with Crippen LogP contribution in [0.5, 0.6) is 0 Å². The van der Waals surface area contributed by atoms with Gasteiger partial charge in [0.1, 0.15) is 23.5 Å². The van der Waals surface area contributed by atoms with E-state index in [1.54, 1.807) is 0 Å². The molecule has 0 fully saturated rings. The second-order valence-corrected chi connectivity index (χ2v) is 5.95. The Morgan fingerprint density at radius 1 is 1.29 bits per heavy atom. The number of H-pyrrole nitrogens is 1. The second kappa shape index (κ2) is 7.50. The molecule has 2 aromatic rings. The number of nitrogen functional groups attached to an aromatic ring is 1. The van der Waals surface area contributed by atoms with Crippen LogP contribution in [-0.4, -0.2) is 28.3 Å². The van der Waals surface area contributed by atoms with E-state index in [0.717, 1.165) is 12.3 Å². The molecule has 1 aliphatic heterocycles. The summed E-state index contributed by atoms with van der Waals surface area (Å²) in [5.74, 6) is -1.73. The lowest BCUT2D eigenvalue weighted by atomic mass is 9.97. The van der Waals surface area contributed by atoms with Crippen LogP contribution in [0.15, 0.2) is 41.2 Å². The van der Waals surface area contributed by atoms with E-state index in [-0.39, 0.29) is 28.6 Å². The normalized spacial score (nSPS) is 18.8. The van der Waals surface area contributed by atoms with Gasteiger partial charge in [0, 0.05) is 17.5 Å². The maximum atomic E-state index is 14.3. The molecule has 3 rings (SSSR count). The predicted molar refractivity (Wildman–Crippen MR) is 94.7 cm³/mol. The molecule has 0 spiro atoms. The molecule has 9 nitrogen and oxygen atoms in total. The Morgan fingerprint density at radius 3 is 2.71 bits per heavy atom. The van der Waals surface area contributed by atoms with Crippen LogP contribution in [0.4, 0.5) is 24.7 Å². The molecule has 12 heteroatoms. The molecule has 148 valence electrons. The lowest BCUT2D eigenvalue weighted by Gasteiger charge is -2.33. The Morgan fingerprint density at radius 2 is 2.04 bits per heavy atom. The fraction of sp³-hybridized carbons (Fsp3) is 0.188. The molecule has 28 heavy (non-hydrogen) atoms. The molecule has 8 N–H and O–H groups in total. The Labute approximate surface area is 156 Å². The molecule has 0 aliphatic carbocycles. The quantitative estimate of drug-likeness (QED) is 0.438.